The topological polar surface area (TPSA) is 0 Å². The summed E-state index contributed by atoms with van der Waals surface area (Å²) in [7, 11) is -1.66. The third-order valence-corrected chi connectivity index (χ3v) is 8.55. The molecule has 0 N–H and O–H groups in total. The van der Waals surface area contributed by atoms with Crippen molar-refractivity contribution in [3.05, 3.63) is 66.2 Å². The van der Waals surface area contributed by atoms with E-state index in [9.17, 15) is 0 Å². The smallest absolute Gasteiger partial charge is 0.105 e. The second-order valence-corrected chi connectivity index (χ2v) is 10.3. The summed E-state index contributed by atoms with van der Waals surface area (Å²) in [6.07, 6.45) is 0. The maximum Gasteiger partial charge on any atom is 0.105 e. The molecule has 88 valence electrons. The van der Waals surface area contributed by atoms with Gasteiger partial charge in [-0.25, -0.2) is 0 Å². The van der Waals surface area contributed by atoms with Crippen LogP contribution in [0.3, 0.4) is 0 Å². The fourth-order valence-corrected chi connectivity index (χ4v) is 4.95. The molecule has 0 spiro atoms. The Hall–Kier alpha value is -1.05. The van der Waals surface area contributed by atoms with E-state index in [0.29, 0.717) is 0 Å². The van der Waals surface area contributed by atoms with E-state index in [0.717, 1.165) is 0 Å². The second-order valence-electron chi connectivity index (χ2n) is 4.86. The van der Waals surface area contributed by atoms with Crippen molar-refractivity contribution in [2.75, 3.05) is 0 Å². The van der Waals surface area contributed by atoms with Crippen LogP contribution in [0.25, 0.3) is 0 Å². The van der Waals surface area contributed by atoms with E-state index in [4.69, 9.17) is 11.6 Å². The van der Waals surface area contributed by atoms with Crippen molar-refractivity contribution in [3.8, 4) is 0 Å². The van der Waals surface area contributed by atoms with Crippen molar-refractivity contribution in [1.29, 1.82) is 0 Å². The van der Waals surface area contributed by atoms with Crippen molar-refractivity contribution in [2.24, 2.45) is 0 Å². The van der Waals surface area contributed by atoms with Gasteiger partial charge < -0.3 is 0 Å². The van der Waals surface area contributed by atoms with Crippen LogP contribution in [0.15, 0.2) is 60.7 Å². The molecule has 0 radical (unpaired) electrons. The third kappa shape index (κ3) is 2.62. The highest BCUT2D eigenvalue weighted by Gasteiger charge is 2.33. The number of alkyl halides is 1. The molecule has 0 aliphatic rings. The van der Waals surface area contributed by atoms with Gasteiger partial charge in [-0.3, -0.25) is 0 Å². The van der Waals surface area contributed by atoms with Gasteiger partial charge in [-0.2, -0.15) is 0 Å². The Morgan fingerprint density at radius 1 is 0.824 bits per heavy atom. The second kappa shape index (κ2) is 5.07. The molecule has 0 bridgehead atoms. The summed E-state index contributed by atoms with van der Waals surface area (Å²) >= 11 is 6.69. The highest BCUT2D eigenvalue weighted by Crippen LogP contribution is 2.30. The molecule has 0 heterocycles. The van der Waals surface area contributed by atoms with Gasteiger partial charge in [0, 0.05) is 0 Å². The third-order valence-electron chi connectivity index (χ3n) is 3.24. The molecule has 0 aliphatic heterocycles. The van der Waals surface area contributed by atoms with Crippen molar-refractivity contribution in [2.45, 2.75) is 18.1 Å². The lowest BCUT2D eigenvalue weighted by Crippen LogP contribution is -2.45. The average molecular weight is 261 g/mol. The lowest BCUT2D eigenvalue weighted by atomic mass is 10.2. The van der Waals surface area contributed by atoms with Crippen LogP contribution in [0.2, 0.25) is 13.1 Å². The first-order chi connectivity index (χ1) is 8.12. The summed E-state index contributed by atoms with van der Waals surface area (Å²) < 4.78 is 0. The Balaban J connectivity index is 2.33. The molecular formula is C15H17ClSi. The van der Waals surface area contributed by atoms with Crippen LogP contribution in [0.1, 0.15) is 10.6 Å². The predicted molar refractivity (Wildman–Crippen MR) is 78.6 cm³/mol. The molecule has 0 nitrogen and oxygen atoms in total. The van der Waals surface area contributed by atoms with Gasteiger partial charge >= 0.3 is 0 Å². The van der Waals surface area contributed by atoms with Gasteiger partial charge in [-0.1, -0.05) is 78.9 Å². The van der Waals surface area contributed by atoms with Crippen LogP contribution in [0.5, 0.6) is 0 Å². The minimum atomic E-state index is -1.66. The first-order valence-electron chi connectivity index (χ1n) is 5.87. The number of halogens is 1. The molecule has 0 saturated heterocycles. The number of hydrogen-bond acceptors (Lipinski definition) is 0. The monoisotopic (exact) mass is 260 g/mol. The van der Waals surface area contributed by atoms with Crippen molar-refractivity contribution in [1.82, 2.24) is 0 Å². The molecule has 1 atom stereocenters. The van der Waals surface area contributed by atoms with E-state index in [2.05, 4.69) is 67.7 Å². The first-order valence-corrected chi connectivity index (χ1v) is 9.38. The zero-order valence-corrected chi connectivity index (χ0v) is 12.0. The summed E-state index contributed by atoms with van der Waals surface area (Å²) in [5.41, 5.74) is 1.23. The van der Waals surface area contributed by atoms with E-state index < -0.39 is 8.07 Å². The molecule has 2 rings (SSSR count). The average Bonchev–Trinajstić information content (AvgIpc) is 2.40. The summed E-state index contributed by atoms with van der Waals surface area (Å²) in [6, 6.07) is 21.0. The Labute approximate surface area is 109 Å². The zero-order chi connectivity index (χ0) is 12.3. The molecule has 17 heavy (non-hydrogen) atoms. The predicted octanol–water partition coefficient (Wildman–Crippen LogP) is 4.12. The van der Waals surface area contributed by atoms with E-state index in [1.54, 1.807) is 0 Å². The SMILES string of the molecule is C[Si](C)(c1ccccc1)C(Cl)c1ccccc1. The Bertz CT molecular complexity index is 465. The maximum absolute atomic E-state index is 6.69. The van der Waals surface area contributed by atoms with Crippen LogP contribution in [-0.4, -0.2) is 8.07 Å². The van der Waals surface area contributed by atoms with Crippen molar-refractivity contribution >= 4 is 24.9 Å². The van der Waals surface area contributed by atoms with E-state index in [-0.39, 0.29) is 5.00 Å². The molecule has 2 aromatic rings. The van der Waals surface area contributed by atoms with E-state index >= 15 is 0 Å². The van der Waals surface area contributed by atoms with Gasteiger partial charge in [-0.05, 0) is 5.56 Å². The van der Waals surface area contributed by atoms with Crippen molar-refractivity contribution in [3.63, 3.8) is 0 Å². The van der Waals surface area contributed by atoms with Crippen LogP contribution < -0.4 is 5.19 Å². The summed E-state index contributed by atoms with van der Waals surface area (Å²) in [5.74, 6) is 0. The molecule has 0 aromatic heterocycles. The number of hydrogen-bond donors (Lipinski definition) is 0. The first kappa shape index (κ1) is 12.4. The Kier molecular flexibility index (Phi) is 3.70. The summed E-state index contributed by atoms with van der Waals surface area (Å²) in [4.78, 5) is 0. The summed E-state index contributed by atoms with van der Waals surface area (Å²) in [6.45, 7) is 4.65. The van der Waals surface area contributed by atoms with Crippen molar-refractivity contribution < 1.29 is 0 Å². The highest BCUT2D eigenvalue weighted by molar-refractivity contribution is 6.95. The lowest BCUT2D eigenvalue weighted by molar-refractivity contribution is 1.27. The molecule has 0 saturated carbocycles. The molecule has 0 aliphatic carbocycles. The fourth-order valence-electron chi connectivity index (χ4n) is 2.05. The normalized spacial score (nSPS) is 13.4. The number of benzene rings is 2. The van der Waals surface area contributed by atoms with Crippen LogP contribution in [0, 0.1) is 0 Å². The largest absolute Gasteiger partial charge is 0.121 e. The maximum atomic E-state index is 6.69. The van der Waals surface area contributed by atoms with Gasteiger partial charge in [0.2, 0.25) is 0 Å². The van der Waals surface area contributed by atoms with Crippen LogP contribution in [-0.2, 0) is 0 Å². The van der Waals surface area contributed by atoms with Gasteiger partial charge in [0.05, 0.1) is 5.00 Å². The molecule has 2 heteroatoms. The Morgan fingerprint density at radius 2 is 1.29 bits per heavy atom. The van der Waals surface area contributed by atoms with Gasteiger partial charge in [0.25, 0.3) is 0 Å². The molecule has 1 unspecified atom stereocenters. The fraction of sp³-hybridized carbons (Fsp3) is 0.200. The van der Waals surface area contributed by atoms with Crippen LogP contribution in [0.4, 0.5) is 0 Å². The standard InChI is InChI=1S/C15H17ClSi/c1-17(2,14-11-7-4-8-12-14)15(16)13-9-5-3-6-10-13/h3-12,15H,1-2H3. The number of rotatable bonds is 3. The van der Waals surface area contributed by atoms with Gasteiger partial charge in [-0.15, -0.1) is 11.6 Å². The van der Waals surface area contributed by atoms with Gasteiger partial charge in [0.1, 0.15) is 8.07 Å². The van der Waals surface area contributed by atoms with E-state index in [1.165, 1.54) is 10.8 Å². The minimum Gasteiger partial charge on any atom is -0.121 e. The molecule has 2 aromatic carbocycles. The minimum absolute atomic E-state index is 0.117. The van der Waals surface area contributed by atoms with E-state index in [1.807, 2.05) is 6.07 Å². The van der Waals surface area contributed by atoms with Crippen LogP contribution >= 0.6 is 11.6 Å². The molecule has 0 amide bonds. The van der Waals surface area contributed by atoms with Gasteiger partial charge in [0.15, 0.2) is 0 Å². The quantitative estimate of drug-likeness (QED) is 0.575. The lowest BCUT2D eigenvalue weighted by Gasteiger charge is -2.28. The Morgan fingerprint density at radius 3 is 1.82 bits per heavy atom. The molecular weight excluding hydrogens is 244 g/mol. The highest BCUT2D eigenvalue weighted by atomic mass is 35.5. The zero-order valence-electron chi connectivity index (χ0n) is 10.2. The molecule has 0 fully saturated rings. The summed E-state index contributed by atoms with van der Waals surface area (Å²) in [5, 5.41) is 1.52.